The molecule has 27 heavy (non-hydrogen) atoms. The summed E-state index contributed by atoms with van der Waals surface area (Å²) in [7, 11) is 0. The van der Waals surface area contributed by atoms with Gasteiger partial charge in [0.1, 0.15) is 17.5 Å². The van der Waals surface area contributed by atoms with Gasteiger partial charge in [-0.05, 0) is 36.5 Å². The van der Waals surface area contributed by atoms with Crippen molar-refractivity contribution >= 4 is 11.6 Å². The minimum absolute atomic E-state index is 0.166. The number of aliphatic hydroxyl groups is 2. The van der Waals surface area contributed by atoms with Gasteiger partial charge in [0.05, 0.1) is 6.10 Å². The van der Waals surface area contributed by atoms with Crippen LogP contribution in [0.2, 0.25) is 0 Å². The van der Waals surface area contributed by atoms with E-state index in [-0.39, 0.29) is 12.5 Å². The maximum Gasteiger partial charge on any atom is 0.135 e. The zero-order valence-electron chi connectivity index (χ0n) is 16.4. The van der Waals surface area contributed by atoms with Crippen LogP contribution in [0.25, 0.3) is 0 Å². The third-order valence-electron chi connectivity index (χ3n) is 4.94. The largest absolute Gasteiger partial charge is 0.396 e. The summed E-state index contributed by atoms with van der Waals surface area (Å²) in [6, 6.07) is 8.25. The van der Waals surface area contributed by atoms with Gasteiger partial charge in [0, 0.05) is 38.2 Å². The Morgan fingerprint density at radius 1 is 1.15 bits per heavy atom. The smallest absolute Gasteiger partial charge is 0.135 e. The van der Waals surface area contributed by atoms with Gasteiger partial charge in [-0.15, -0.1) is 0 Å². The lowest BCUT2D eigenvalue weighted by Gasteiger charge is -2.31. The van der Waals surface area contributed by atoms with E-state index in [0.717, 1.165) is 42.5 Å². The minimum Gasteiger partial charge on any atom is -0.396 e. The number of aromatic nitrogens is 2. The number of hydrogen-bond acceptors (Lipinski definition) is 6. The van der Waals surface area contributed by atoms with Crippen molar-refractivity contribution in [2.75, 3.05) is 29.9 Å². The highest BCUT2D eigenvalue weighted by Crippen LogP contribution is 2.28. The zero-order chi connectivity index (χ0) is 19.4. The molecule has 3 rings (SSSR count). The normalized spacial score (nSPS) is 15.0. The van der Waals surface area contributed by atoms with Crippen molar-refractivity contribution in [2.45, 2.75) is 52.2 Å². The van der Waals surface area contributed by atoms with Crippen LogP contribution >= 0.6 is 0 Å². The standard InChI is InChI=1S/C21H30N4O2/c1-14(2)21-23-19(22-8-4-10-26)12-20(24-21)25-9-7-17-11-16(15(3)27)5-6-18(17)13-25/h5-6,11-12,14-15,26-27H,4,7-10,13H2,1-3H3,(H,22,23,24)/t15-/m1/s1. The molecule has 2 aromatic rings. The quantitative estimate of drug-likeness (QED) is 0.650. The molecule has 0 amide bonds. The average molecular weight is 370 g/mol. The van der Waals surface area contributed by atoms with Gasteiger partial charge in [0.2, 0.25) is 0 Å². The fourth-order valence-electron chi connectivity index (χ4n) is 3.29. The van der Waals surface area contributed by atoms with Gasteiger partial charge in [-0.2, -0.15) is 0 Å². The van der Waals surface area contributed by atoms with E-state index in [2.05, 4.69) is 41.2 Å². The molecular formula is C21H30N4O2. The molecule has 146 valence electrons. The molecule has 0 unspecified atom stereocenters. The number of aliphatic hydroxyl groups excluding tert-OH is 2. The van der Waals surface area contributed by atoms with Crippen LogP contribution < -0.4 is 10.2 Å². The second-order valence-corrected chi connectivity index (χ2v) is 7.50. The molecule has 1 atom stereocenters. The molecule has 1 aromatic carbocycles. The second-order valence-electron chi connectivity index (χ2n) is 7.50. The Bertz CT molecular complexity index is 777. The predicted octanol–water partition coefficient (Wildman–Crippen LogP) is 3.01. The highest BCUT2D eigenvalue weighted by Gasteiger charge is 2.20. The molecule has 3 N–H and O–H groups in total. The summed E-state index contributed by atoms with van der Waals surface area (Å²) in [5.74, 6) is 2.82. The van der Waals surface area contributed by atoms with Crippen LogP contribution in [0.5, 0.6) is 0 Å². The van der Waals surface area contributed by atoms with Gasteiger partial charge in [0.25, 0.3) is 0 Å². The van der Waals surface area contributed by atoms with E-state index in [0.29, 0.717) is 13.0 Å². The van der Waals surface area contributed by atoms with Crippen LogP contribution in [-0.2, 0) is 13.0 Å². The van der Waals surface area contributed by atoms with Gasteiger partial charge in [-0.1, -0.05) is 32.0 Å². The van der Waals surface area contributed by atoms with E-state index in [9.17, 15) is 5.11 Å². The Morgan fingerprint density at radius 2 is 1.96 bits per heavy atom. The molecule has 6 nitrogen and oxygen atoms in total. The molecule has 2 heterocycles. The number of nitrogens with one attached hydrogen (secondary N) is 1. The Labute approximate surface area is 161 Å². The van der Waals surface area contributed by atoms with Gasteiger partial charge in [-0.25, -0.2) is 9.97 Å². The van der Waals surface area contributed by atoms with Crippen LogP contribution in [0.15, 0.2) is 24.3 Å². The summed E-state index contributed by atoms with van der Waals surface area (Å²) in [6.45, 7) is 8.55. The molecule has 0 spiro atoms. The molecule has 0 aliphatic carbocycles. The summed E-state index contributed by atoms with van der Waals surface area (Å²) in [5, 5.41) is 22.1. The first-order valence-electron chi connectivity index (χ1n) is 9.76. The number of benzene rings is 1. The first-order chi connectivity index (χ1) is 13.0. The van der Waals surface area contributed by atoms with Crippen molar-refractivity contribution in [3.05, 3.63) is 46.8 Å². The zero-order valence-corrected chi connectivity index (χ0v) is 16.4. The van der Waals surface area contributed by atoms with Crippen LogP contribution in [0.4, 0.5) is 11.6 Å². The first-order valence-corrected chi connectivity index (χ1v) is 9.76. The van der Waals surface area contributed by atoms with Crippen molar-refractivity contribution in [3.63, 3.8) is 0 Å². The van der Waals surface area contributed by atoms with E-state index < -0.39 is 6.10 Å². The third kappa shape index (κ3) is 4.76. The number of fused-ring (bicyclic) bond motifs is 1. The molecule has 6 heteroatoms. The van der Waals surface area contributed by atoms with E-state index in [1.807, 2.05) is 12.1 Å². The van der Waals surface area contributed by atoms with E-state index in [1.54, 1.807) is 6.92 Å². The van der Waals surface area contributed by atoms with Crippen LogP contribution in [0.1, 0.15) is 61.7 Å². The monoisotopic (exact) mass is 370 g/mol. The van der Waals surface area contributed by atoms with E-state index in [4.69, 9.17) is 10.1 Å². The average Bonchev–Trinajstić information content (AvgIpc) is 2.67. The van der Waals surface area contributed by atoms with Gasteiger partial charge in [-0.3, -0.25) is 0 Å². The first kappa shape index (κ1) is 19.6. The summed E-state index contributed by atoms with van der Waals surface area (Å²) in [5.41, 5.74) is 3.57. The maximum atomic E-state index is 9.81. The fraction of sp³-hybridized carbons (Fsp3) is 0.524. The van der Waals surface area contributed by atoms with Crippen molar-refractivity contribution in [1.29, 1.82) is 0 Å². The number of nitrogens with zero attached hydrogens (tertiary/aromatic N) is 3. The molecule has 1 aromatic heterocycles. The third-order valence-corrected chi connectivity index (χ3v) is 4.94. The Balaban J connectivity index is 1.83. The topological polar surface area (TPSA) is 81.5 Å². The molecular weight excluding hydrogens is 340 g/mol. The van der Waals surface area contributed by atoms with Crippen molar-refractivity contribution in [3.8, 4) is 0 Å². The fourth-order valence-corrected chi connectivity index (χ4v) is 3.29. The van der Waals surface area contributed by atoms with Gasteiger partial charge in [0.15, 0.2) is 0 Å². The Morgan fingerprint density at radius 3 is 2.67 bits per heavy atom. The molecule has 0 saturated carbocycles. The van der Waals surface area contributed by atoms with Gasteiger partial charge < -0.3 is 20.4 Å². The molecule has 0 fully saturated rings. The molecule has 1 aliphatic heterocycles. The number of hydrogen-bond donors (Lipinski definition) is 3. The molecule has 0 saturated heterocycles. The minimum atomic E-state index is -0.434. The number of anilines is 2. The lowest BCUT2D eigenvalue weighted by molar-refractivity contribution is 0.199. The Kier molecular flexibility index (Phi) is 6.29. The summed E-state index contributed by atoms with van der Waals surface area (Å²) < 4.78 is 0. The summed E-state index contributed by atoms with van der Waals surface area (Å²) in [6.07, 6.45) is 1.19. The number of rotatable bonds is 7. The lowest BCUT2D eigenvalue weighted by Crippen LogP contribution is -2.31. The van der Waals surface area contributed by atoms with Crippen LogP contribution in [0, 0.1) is 0 Å². The predicted molar refractivity (Wildman–Crippen MR) is 108 cm³/mol. The van der Waals surface area contributed by atoms with Crippen LogP contribution in [-0.4, -0.2) is 39.9 Å². The molecule has 0 radical (unpaired) electrons. The highest BCUT2D eigenvalue weighted by atomic mass is 16.3. The highest BCUT2D eigenvalue weighted by molar-refractivity contribution is 5.52. The summed E-state index contributed by atoms with van der Waals surface area (Å²) in [4.78, 5) is 11.7. The summed E-state index contributed by atoms with van der Waals surface area (Å²) >= 11 is 0. The maximum absolute atomic E-state index is 9.81. The van der Waals surface area contributed by atoms with E-state index >= 15 is 0 Å². The molecule has 0 bridgehead atoms. The molecule has 1 aliphatic rings. The van der Waals surface area contributed by atoms with Crippen LogP contribution in [0.3, 0.4) is 0 Å². The van der Waals surface area contributed by atoms with E-state index in [1.165, 1.54) is 11.1 Å². The second kappa shape index (κ2) is 8.67. The Hall–Kier alpha value is -2.18. The van der Waals surface area contributed by atoms with Gasteiger partial charge >= 0.3 is 0 Å². The van der Waals surface area contributed by atoms with Crippen molar-refractivity contribution in [2.24, 2.45) is 0 Å². The van der Waals surface area contributed by atoms with Crippen molar-refractivity contribution in [1.82, 2.24) is 9.97 Å². The SMILES string of the molecule is CC(C)c1nc(NCCCO)cc(N2CCc3cc([C@@H](C)O)ccc3C2)n1. The van der Waals surface area contributed by atoms with Crippen molar-refractivity contribution < 1.29 is 10.2 Å². The lowest BCUT2D eigenvalue weighted by atomic mass is 9.96.